The van der Waals surface area contributed by atoms with Crippen LogP contribution < -0.4 is 20.1 Å². The summed E-state index contributed by atoms with van der Waals surface area (Å²) in [6, 6.07) is 15.2. The standard InChI is InChI=1S/C30H43N3O6/c1-22(2)33(29(34)25-11-12-27(37-4)28(18-25)38-16-8-15-36-3)26-17-24(19-31-20-26)21-39-30(35)32-14-13-23-9-6-5-7-10-23/h5-7,9-12,18,22,24,26,31H,8,13-17,19-21H2,1-4H3,(H,32,35)/t24-,26?/m0/s1. The highest BCUT2D eigenvalue weighted by atomic mass is 16.5. The molecule has 0 saturated carbocycles. The Kier molecular flexibility index (Phi) is 12.4. The van der Waals surface area contributed by atoms with Gasteiger partial charge in [0.2, 0.25) is 0 Å². The molecular formula is C30H43N3O6. The summed E-state index contributed by atoms with van der Waals surface area (Å²) in [5.74, 6) is 1.16. The van der Waals surface area contributed by atoms with E-state index in [0.717, 1.165) is 31.4 Å². The first-order chi connectivity index (χ1) is 18.9. The Labute approximate surface area is 232 Å². The van der Waals surface area contributed by atoms with Crippen molar-refractivity contribution in [3.63, 3.8) is 0 Å². The van der Waals surface area contributed by atoms with Crippen LogP contribution in [-0.4, -0.2) is 82.7 Å². The van der Waals surface area contributed by atoms with Gasteiger partial charge >= 0.3 is 6.09 Å². The lowest BCUT2D eigenvalue weighted by atomic mass is 9.94. The third-order valence-corrected chi connectivity index (χ3v) is 6.74. The van der Waals surface area contributed by atoms with Crippen molar-refractivity contribution >= 4 is 12.0 Å². The third kappa shape index (κ3) is 9.44. The number of methoxy groups -OCH3 is 2. The highest BCUT2D eigenvalue weighted by molar-refractivity contribution is 5.95. The van der Waals surface area contributed by atoms with Crippen molar-refractivity contribution < 1.29 is 28.5 Å². The Balaban J connectivity index is 1.56. The first-order valence-electron chi connectivity index (χ1n) is 13.7. The van der Waals surface area contributed by atoms with Crippen LogP contribution in [0, 0.1) is 5.92 Å². The van der Waals surface area contributed by atoms with Gasteiger partial charge in [-0.25, -0.2) is 4.79 Å². The highest BCUT2D eigenvalue weighted by Crippen LogP contribution is 2.30. The first kappa shape index (κ1) is 30.2. The number of ether oxygens (including phenoxy) is 4. The minimum absolute atomic E-state index is 0.0153. The predicted octanol–water partition coefficient (Wildman–Crippen LogP) is 3.91. The van der Waals surface area contributed by atoms with Crippen LogP contribution >= 0.6 is 0 Å². The lowest BCUT2D eigenvalue weighted by Crippen LogP contribution is -2.54. The van der Waals surface area contributed by atoms with Crippen LogP contribution in [0.5, 0.6) is 11.5 Å². The first-order valence-corrected chi connectivity index (χ1v) is 13.7. The molecule has 1 aliphatic rings. The number of carbonyl (C=O) groups is 2. The number of rotatable bonds is 14. The molecule has 1 unspecified atom stereocenters. The SMILES string of the molecule is COCCCOc1cc(C(=O)N(C(C)C)C2CNC[C@@H](COC(=O)NCCc3ccccc3)C2)ccc1OC. The van der Waals surface area contributed by atoms with Crippen LogP contribution in [0.1, 0.15) is 42.6 Å². The zero-order chi connectivity index (χ0) is 28.0. The van der Waals surface area contributed by atoms with E-state index in [1.165, 1.54) is 0 Å². The molecule has 214 valence electrons. The molecule has 0 aliphatic carbocycles. The zero-order valence-corrected chi connectivity index (χ0v) is 23.6. The predicted molar refractivity (Wildman–Crippen MR) is 151 cm³/mol. The lowest BCUT2D eigenvalue weighted by molar-refractivity contribution is 0.0478. The highest BCUT2D eigenvalue weighted by Gasteiger charge is 2.32. The summed E-state index contributed by atoms with van der Waals surface area (Å²) >= 11 is 0. The summed E-state index contributed by atoms with van der Waals surface area (Å²) in [4.78, 5) is 27.9. The maximum absolute atomic E-state index is 13.7. The van der Waals surface area contributed by atoms with Crippen molar-refractivity contribution in [2.24, 2.45) is 5.92 Å². The van der Waals surface area contributed by atoms with Crippen LogP contribution in [0.4, 0.5) is 4.79 Å². The van der Waals surface area contributed by atoms with Crippen molar-refractivity contribution in [1.82, 2.24) is 15.5 Å². The van der Waals surface area contributed by atoms with Crippen molar-refractivity contribution in [3.05, 3.63) is 59.7 Å². The number of amides is 2. The van der Waals surface area contributed by atoms with Crippen LogP contribution in [0.2, 0.25) is 0 Å². The van der Waals surface area contributed by atoms with E-state index in [1.807, 2.05) is 49.1 Å². The van der Waals surface area contributed by atoms with Gasteiger partial charge in [0.25, 0.3) is 5.91 Å². The average Bonchev–Trinajstić information content (AvgIpc) is 2.95. The normalized spacial score (nSPS) is 16.9. The Morgan fingerprint density at radius 1 is 1.05 bits per heavy atom. The number of alkyl carbamates (subject to hydrolysis) is 1. The van der Waals surface area contributed by atoms with E-state index in [4.69, 9.17) is 18.9 Å². The number of nitrogens with one attached hydrogen (secondary N) is 2. The zero-order valence-electron chi connectivity index (χ0n) is 23.6. The van der Waals surface area contributed by atoms with Crippen LogP contribution in [0.3, 0.4) is 0 Å². The quantitative estimate of drug-likeness (QED) is 0.350. The number of benzene rings is 2. The molecule has 9 nitrogen and oxygen atoms in total. The van der Waals surface area contributed by atoms with Gasteiger partial charge in [-0.2, -0.15) is 0 Å². The van der Waals surface area contributed by atoms with Crippen molar-refractivity contribution in [1.29, 1.82) is 0 Å². The third-order valence-electron chi connectivity index (χ3n) is 6.74. The second-order valence-corrected chi connectivity index (χ2v) is 10.0. The van der Waals surface area contributed by atoms with E-state index in [1.54, 1.807) is 32.4 Å². The largest absolute Gasteiger partial charge is 0.493 e. The molecule has 39 heavy (non-hydrogen) atoms. The maximum atomic E-state index is 13.7. The minimum Gasteiger partial charge on any atom is -0.493 e. The summed E-state index contributed by atoms with van der Waals surface area (Å²) in [6.07, 6.45) is 1.81. The number of hydrogen-bond acceptors (Lipinski definition) is 7. The molecule has 0 spiro atoms. The van der Waals surface area contributed by atoms with Crippen LogP contribution in [-0.2, 0) is 15.9 Å². The van der Waals surface area contributed by atoms with E-state index in [9.17, 15) is 9.59 Å². The molecule has 2 aromatic rings. The summed E-state index contributed by atoms with van der Waals surface area (Å²) in [7, 11) is 3.23. The Hall–Kier alpha value is -3.30. The fourth-order valence-electron chi connectivity index (χ4n) is 4.82. The number of piperidine rings is 1. The van der Waals surface area contributed by atoms with Gasteiger partial charge in [0, 0.05) is 63.3 Å². The van der Waals surface area contributed by atoms with Crippen molar-refractivity contribution in [3.8, 4) is 11.5 Å². The fraction of sp³-hybridized carbons (Fsp3) is 0.533. The molecule has 2 N–H and O–H groups in total. The smallest absolute Gasteiger partial charge is 0.407 e. The minimum atomic E-state index is -0.416. The molecule has 2 atom stereocenters. The molecule has 0 bridgehead atoms. The molecule has 2 amide bonds. The van der Waals surface area contributed by atoms with E-state index in [-0.39, 0.29) is 23.9 Å². The molecule has 1 saturated heterocycles. The van der Waals surface area contributed by atoms with E-state index in [0.29, 0.717) is 50.0 Å². The van der Waals surface area contributed by atoms with Gasteiger partial charge in [0.05, 0.1) is 20.3 Å². The molecule has 1 heterocycles. The Morgan fingerprint density at radius 3 is 2.56 bits per heavy atom. The van der Waals surface area contributed by atoms with Crippen molar-refractivity contribution in [2.45, 2.75) is 45.2 Å². The van der Waals surface area contributed by atoms with Crippen molar-refractivity contribution in [2.75, 3.05) is 53.7 Å². The van der Waals surface area contributed by atoms with Gasteiger partial charge in [0.1, 0.15) is 0 Å². The van der Waals surface area contributed by atoms with E-state index < -0.39 is 6.09 Å². The monoisotopic (exact) mass is 541 g/mol. The number of hydrogen-bond donors (Lipinski definition) is 2. The average molecular weight is 542 g/mol. The van der Waals surface area contributed by atoms with E-state index >= 15 is 0 Å². The van der Waals surface area contributed by atoms with Crippen LogP contribution in [0.15, 0.2) is 48.5 Å². The summed E-state index contributed by atoms with van der Waals surface area (Å²) in [5, 5.41) is 6.25. The fourth-order valence-corrected chi connectivity index (χ4v) is 4.82. The number of nitrogens with zero attached hydrogens (tertiary/aromatic N) is 1. The Bertz CT molecular complexity index is 1030. The topological polar surface area (TPSA) is 98.4 Å². The van der Waals surface area contributed by atoms with E-state index in [2.05, 4.69) is 10.6 Å². The molecule has 3 rings (SSSR count). The van der Waals surface area contributed by atoms with Gasteiger partial charge in [-0.3, -0.25) is 4.79 Å². The second-order valence-electron chi connectivity index (χ2n) is 10.0. The summed E-state index contributed by atoms with van der Waals surface area (Å²) in [6.45, 7) is 7.32. The second kappa shape index (κ2) is 16.0. The molecule has 0 radical (unpaired) electrons. The van der Waals surface area contributed by atoms with Gasteiger partial charge in [-0.15, -0.1) is 0 Å². The van der Waals surface area contributed by atoms with Gasteiger partial charge in [-0.1, -0.05) is 30.3 Å². The molecular weight excluding hydrogens is 498 g/mol. The van der Waals surface area contributed by atoms with Gasteiger partial charge in [0.15, 0.2) is 11.5 Å². The molecule has 1 aliphatic heterocycles. The Morgan fingerprint density at radius 2 is 1.85 bits per heavy atom. The summed E-state index contributed by atoms with van der Waals surface area (Å²) in [5.41, 5.74) is 1.71. The lowest BCUT2D eigenvalue weighted by Gasteiger charge is -2.40. The maximum Gasteiger partial charge on any atom is 0.407 e. The molecule has 9 heteroatoms. The van der Waals surface area contributed by atoms with Gasteiger partial charge in [-0.05, 0) is 50.5 Å². The number of carbonyl (C=O) groups excluding carboxylic acids is 2. The molecule has 2 aromatic carbocycles. The molecule has 0 aromatic heterocycles. The summed E-state index contributed by atoms with van der Waals surface area (Å²) < 4.78 is 21.9. The van der Waals surface area contributed by atoms with Gasteiger partial charge < -0.3 is 34.5 Å². The van der Waals surface area contributed by atoms with Crippen LogP contribution in [0.25, 0.3) is 0 Å². The molecule has 1 fully saturated rings.